The molecule has 1 N–H and O–H groups in total. The lowest BCUT2D eigenvalue weighted by atomic mass is 9.99. The lowest BCUT2D eigenvalue weighted by Gasteiger charge is -2.50. The number of carbonyl (C=O) groups excluding carboxylic acids is 3. The molecule has 2 aliphatic heterocycles. The molecule has 0 bridgehead atoms. The third kappa shape index (κ3) is 5.38. The molecule has 1 unspecified atom stereocenters. The third-order valence-corrected chi connectivity index (χ3v) is 8.09. The highest BCUT2D eigenvalue weighted by Crippen LogP contribution is 2.42. The first-order valence-electron chi connectivity index (χ1n) is 12.9. The Morgan fingerprint density at radius 1 is 0.947 bits per heavy atom. The van der Waals surface area contributed by atoms with Crippen LogP contribution in [0.1, 0.15) is 42.6 Å². The van der Waals surface area contributed by atoms with Gasteiger partial charge in [0.05, 0.1) is 6.42 Å². The lowest BCUT2D eigenvalue weighted by Crippen LogP contribution is -2.70. The summed E-state index contributed by atoms with van der Waals surface area (Å²) in [6, 6.07) is 28.0. The summed E-state index contributed by atoms with van der Waals surface area (Å²) < 4.78 is 6.15. The predicted molar refractivity (Wildman–Crippen MR) is 148 cm³/mol. The first-order valence-corrected chi connectivity index (χ1v) is 13.9. The number of esters is 1. The van der Waals surface area contributed by atoms with Crippen LogP contribution in [0, 0.1) is 0 Å². The normalized spacial score (nSPS) is 18.6. The smallest absolute Gasteiger partial charge is 0.356 e. The van der Waals surface area contributed by atoms with Crippen molar-refractivity contribution in [1.29, 1.82) is 0 Å². The summed E-state index contributed by atoms with van der Waals surface area (Å²) in [6.45, 7) is 2.05. The van der Waals surface area contributed by atoms with Gasteiger partial charge in [0.2, 0.25) is 5.91 Å². The minimum atomic E-state index is -0.666. The van der Waals surface area contributed by atoms with Gasteiger partial charge in [-0.2, -0.15) is 0 Å². The maximum Gasteiger partial charge on any atom is 0.356 e. The molecule has 2 amide bonds. The van der Waals surface area contributed by atoms with Gasteiger partial charge in [0.15, 0.2) is 6.10 Å². The average Bonchev–Trinajstić information content (AvgIpc) is 2.96. The lowest BCUT2D eigenvalue weighted by molar-refractivity contribution is -0.154. The number of amides is 2. The molecule has 0 aromatic heterocycles. The van der Waals surface area contributed by atoms with Crippen molar-refractivity contribution in [3.8, 4) is 0 Å². The Hall–Kier alpha value is -3.84. The van der Waals surface area contributed by atoms with Crippen molar-refractivity contribution in [2.75, 3.05) is 5.75 Å². The minimum absolute atomic E-state index is 0.198. The molecular formula is C31H30N2O4S. The summed E-state index contributed by atoms with van der Waals surface area (Å²) in [5.74, 6) is -0.395. The van der Waals surface area contributed by atoms with E-state index in [1.165, 1.54) is 4.90 Å². The minimum Gasteiger partial charge on any atom is -0.448 e. The van der Waals surface area contributed by atoms with E-state index >= 15 is 0 Å². The molecule has 3 aromatic rings. The van der Waals surface area contributed by atoms with Gasteiger partial charge in [-0.25, -0.2) is 4.79 Å². The van der Waals surface area contributed by atoms with Gasteiger partial charge >= 0.3 is 5.97 Å². The fourth-order valence-corrected chi connectivity index (χ4v) is 6.31. The van der Waals surface area contributed by atoms with E-state index in [-0.39, 0.29) is 23.6 Å². The second kappa shape index (κ2) is 11.7. The van der Waals surface area contributed by atoms with Gasteiger partial charge < -0.3 is 10.1 Å². The maximum atomic E-state index is 13.8. The zero-order valence-corrected chi connectivity index (χ0v) is 22.0. The number of ether oxygens (including phenoxy) is 1. The van der Waals surface area contributed by atoms with Crippen molar-refractivity contribution in [2.45, 2.75) is 43.7 Å². The summed E-state index contributed by atoms with van der Waals surface area (Å²) in [5, 5.41) is 2.55. The first-order chi connectivity index (χ1) is 18.6. The quantitative estimate of drug-likeness (QED) is 0.313. The van der Waals surface area contributed by atoms with Crippen LogP contribution < -0.4 is 5.32 Å². The molecule has 0 saturated carbocycles. The average molecular weight is 527 g/mol. The Labute approximate surface area is 227 Å². The summed E-state index contributed by atoms with van der Waals surface area (Å²) in [4.78, 5) is 41.3. The van der Waals surface area contributed by atoms with E-state index in [4.69, 9.17) is 4.74 Å². The summed E-state index contributed by atoms with van der Waals surface area (Å²) in [7, 11) is 0. The Morgan fingerprint density at radius 3 is 2.11 bits per heavy atom. The highest BCUT2D eigenvalue weighted by Gasteiger charge is 2.54. The van der Waals surface area contributed by atoms with Crippen molar-refractivity contribution >= 4 is 29.5 Å². The zero-order valence-electron chi connectivity index (χ0n) is 21.2. The molecule has 5 rings (SSSR count). The van der Waals surface area contributed by atoms with Crippen LogP contribution in [0.4, 0.5) is 0 Å². The van der Waals surface area contributed by atoms with E-state index in [9.17, 15) is 14.4 Å². The van der Waals surface area contributed by atoms with Gasteiger partial charge in [-0.3, -0.25) is 14.5 Å². The van der Waals surface area contributed by atoms with Crippen LogP contribution in [-0.4, -0.2) is 39.9 Å². The monoisotopic (exact) mass is 526 g/mol. The SMILES string of the molecule is CCCC1=C(C(=O)OC(c2ccccc2)c2ccccc2)N2C(=O)C(NC(=O)Cc3ccccc3)[C@H]2SC1. The van der Waals surface area contributed by atoms with Crippen LogP contribution in [0.15, 0.2) is 102 Å². The van der Waals surface area contributed by atoms with E-state index in [0.29, 0.717) is 17.9 Å². The van der Waals surface area contributed by atoms with E-state index in [1.54, 1.807) is 11.8 Å². The van der Waals surface area contributed by atoms with Gasteiger partial charge in [-0.05, 0) is 28.7 Å². The highest BCUT2D eigenvalue weighted by atomic mass is 32.2. The summed E-state index contributed by atoms with van der Waals surface area (Å²) in [5.41, 5.74) is 3.82. The number of hydrogen-bond acceptors (Lipinski definition) is 5. The number of fused-ring (bicyclic) bond motifs is 1. The number of nitrogens with zero attached hydrogens (tertiary/aromatic N) is 1. The molecule has 1 fully saturated rings. The molecule has 38 heavy (non-hydrogen) atoms. The van der Waals surface area contributed by atoms with Crippen LogP contribution in [0.5, 0.6) is 0 Å². The largest absolute Gasteiger partial charge is 0.448 e. The van der Waals surface area contributed by atoms with Crippen LogP contribution in [0.3, 0.4) is 0 Å². The molecule has 3 aromatic carbocycles. The number of carbonyl (C=O) groups is 3. The van der Waals surface area contributed by atoms with Crippen LogP contribution in [0.2, 0.25) is 0 Å². The van der Waals surface area contributed by atoms with E-state index in [0.717, 1.165) is 28.7 Å². The molecule has 2 heterocycles. The number of hydrogen-bond donors (Lipinski definition) is 1. The summed E-state index contributed by atoms with van der Waals surface area (Å²) in [6.07, 6.45) is 1.13. The van der Waals surface area contributed by atoms with E-state index < -0.39 is 18.1 Å². The maximum absolute atomic E-state index is 13.8. The van der Waals surface area contributed by atoms with Gasteiger partial charge in [-0.15, -0.1) is 11.8 Å². The fourth-order valence-electron chi connectivity index (χ4n) is 4.92. The Balaban J connectivity index is 1.36. The molecule has 2 aliphatic rings. The second-order valence-electron chi connectivity index (χ2n) is 9.43. The molecule has 6 nitrogen and oxygen atoms in total. The second-order valence-corrected chi connectivity index (χ2v) is 10.5. The summed E-state index contributed by atoms with van der Waals surface area (Å²) >= 11 is 1.58. The van der Waals surface area contributed by atoms with Gasteiger partial charge in [0.25, 0.3) is 5.91 Å². The van der Waals surface area contributed by atoms with Crippen molar-refractivity contribution in [1.82, 2.24) is 10.2 Å². The number of nitrogens with one attached hydrogen (secondary N) is 1. The van der Waals surface area contributed by atoms with Crippen LogP contribution >= 0.6 is 11.8 Å². The molecule has 0 aliphatic carbocycles. The van der Waals surface area contributed by atoms with Crippen molar-refractivity contribution in [3.05, 3.63) is 119 Å². The van der Waals surface area contributed by atoms with Gasteiger partial charge in [0.1, 0.15) is 17.1 Å². The molecule has 7 heteroatoms. The van der Waals surface area contributed by atoms with Gasteiger partial charge in [0, 0.05) is 5.75 Å². The van der Waals surface area contributed by atoms with Crippen LogP contribution in [-0.2, 0) is 25.5 Å². The highest BCUT2D eigenvalue weighted by molar-refractivity contribution is 8.00. The fraction of sp³-hybridized carbons (Fsp3) is 0.258. The number of thioether (sulfide) groups is 1. The van der Waals surface area contributed by atoms with Crippen molar-refractivity contribution in [3.63, 3.8) is 0 Å². The Kier molecular flexibility index (Phi) is 7.94. The molecule has 0 spiro atoms. The molecular weight excluding hydrogens is 496 g/mol. The van der Waals surface area contributed by atoms with Crippen molar-refractivity contribution < 1.29 is 19.1 Å². The number of rotatable bonds is 9. The number of β-lactam (4-membered cyclic amide) rings is 1. The molecule has 1 saturated heterocycles. The predicted octanol–water partition coefficient (Wildman–Crippen LogP) is 5.02. The van der Waals surface area contributed by atoms with Crippen molar-refractivity contribution in [2.24, 2.45) is 0 Å². The van der Waals surface area contributed by atoms with E-state index in [2.05, 4.69) is 5.32 Å². The van der Waals surface area contributed by atoms with Crippen LogP contribution in [0.25, 0.3) is 0 Å². The molecule has 2 atom stereocenters. The first kappa shape index (κ1) is 25.8. The Morgan fingerprint density at radius 2 is 1.53 bits per heavy atom. The molecule has 0 radical (unpaired) electrons. The van der Waals surface area contributed by atoms with Gasteiger partial charge in [-0.1, -0.05) is 104 Å². The standard InChI is InChI=1S/C31H30N2O4S/c1-2-12-24-20-38-30-26(32-25(34)19-21-13-6-3-7-14-21)29(35)33(30)27(24)31(36)37-28(22-15-8-4-9-16-22)23-17-10-5-11-18-23/h3-11,13-18,26,28,30H,2,12,19-20H2,1H3,(H,32,34)/t26?,30-/m1/s1. The molecule has 194 valence electrons. The zero-order chi connectivity index (χ0) is 26.5. The number of benzene rings is 3. The Bertz CT molecular complexity index is 1290. The van der Waals surface area contributed by atoms with E-state index in [1.807, 2.05) is 97.9 Å². The third-order valence-electron chi connectivity index (χ3n) is 6.75. The topological polar surface area (TPSA) is 75.7 Å².